The molecule has 4 nitrogen and oxygen atoms in total. The molecular formula is C8H9N3O. The van der Waals surface area contributed by atoms with Gasteiger partial charge in [0, 0.05) is 5.69 Å². The van der Waals surface area contributed by atoms with Crippen molar-refractivity contribution in [3.05, 3.63) is 30.3 Å². The summed E-state index contributed by atoms with van der Waals surface area (Å²) >= 11 is 0. The molecule has 1 aromatic carbocycles. The lowest BCUT2D eigenvalue weighted by atomic mass is 10.3. The minimum atomic E-state index is -0.330. The second-order valence-electron chi connectivity index (χ2n) is 2.13. The molecule has 0 fully saturated rings. The molecule has 0 radical (unpaired) electrons. The molecule has 0 saturated heterocycles. The van der Waals surface area contributed by atoms with E-state index in [2.05, 4.69) is 10.4 Å². The smallest absolute Gasteiger partial charge is 0.268 e. The summed E-state index contributed by atoms with van der Waals surface area (Å²) in [5.41, 5.74) is 0.724. The van der Waals surface area contributed by atoms with Crippen molar-refractivity contribution in [3.63, 3.8) is 0 Å². The number of anilines is 1. The van der Waals surface area contributed by atoms with Gasteiger partial charge in [0.2, 0.25) is 0 Å². The summed E-state index contributed by atoms with van der Waals surface area (Å²) in [7, 11) is 0. The fourth-order valence-electron chi connectivity index (χ4n) is 0.764. The quantitative estimate of drug-likeness (QED) is 0.380. The average molecular weight is 163 g/mol. The molecule has 62 valence electrons. The van der Waals surface area contributed by atoms with Gasteiger partial charge in [-0.2, -0.15) is 5.10 Å². The average Bonchev–Trinajstić information content (AvgIpc) is 2.06. The van der Waals surface area contributed by atoms with E-state index in [1.807, 2.05) is 18.2 Å². The summed E-state index contributed by atoms with van der Waals surface area (Å²) in [6.07, 6.45) is 1.02. The molecule has 0 bridgehead atoms. The van der Waals surface area contributed by atoms with Crippen LogP contribution in [0.15, 0.2) is 35.4 Å². The van der Waals surface area contributed by atoms with E-state index in [0.29, 0.717) is 0 Å². The van der Waals surface area contributed by atoms with Gasteiger partial charge >= 0.3 is 0 Å². The van der Waals surface area contributed by atoms with Crippen molar-refractivity contribution in [2.75, 3.05) is 5.32 Å². The van der Waals surface area contributed by atoms with Crippen LogP contribution in [0.5, 0.6) is 0 Å². The lowest BCUT2D eigenvalue weighted by molar-refractivity contribution is -0.110. The van der Waals surface area contributed by atoms with Crippen LogP contribution in [0.2, 0.25) is 0 Å². The number of amides is 1. The minimum absolute atomic E-state index is 0.330. The Hall–Kier alpha value is -1.84. The molecule has 3 N–H and O–H groups in total. The number of nitrogens with two attached hydrogens (primary N) is 1. The third kappa shape index (κ3) is 2.42. The van der Waals surface area contributed by atoms with Crippen LogP contribution in [0, 0.1) is 0 Å². The van der Waals surface area contributed by atoms with E-state index < -0.39 is 0 Å². The Morgan fingerprint density at radius 3 is 2.67 bits per heavy atom. The van der Waals surface area contributed by atoms with Crippen molar-refractivity contribution in [2.45, 2.75) is 0 Å². The fraction of sp³-hybridized carbons (Fsp3) is 0. The van der Waals surface area contributed by atoms with Crippen LogP contribution in [-0.4, -0.2) is 12.1 Å². The molecule has 0 aliphatic carbocycles. The Morgan fingerprint density at radius 1 is 1.42 bits per heavy atom. The SMILES string of the molecule is N/N=C/C(=O)Nc1ccccc1. The molecule has 0 atom stereocenters. The van der Waals surface area contributed by atoms with E-state index in [1.54, 1.807) is 12.1 Å². The first-order valence-corrected chi connectivity index (χ1v) is 3.42. The van der Waals surface area contributed by atoms with Crippen molar-refractivity contribution in [3.8, 4) is 0 Å². The molecule has 4 heteroatoms. The van der Waals surface area contributed by atoms with Crippen molar-refractivity contribution in [1.82, 2.24) is 0 Å². The first-order chi connectivity index (χ1) is 5.83. The predicted octanol–water partition coefficient (Wildman–Crippen LogP) is 0.570. The zero-order chi connectivity index (χ0) is 8.81. The number of hydrogen-bond donors (Lipinski definition) is 2. The second-order valence-corrected chi connectivity index (χ2v) is 2.13. The number of rotatable bonds is 2. The number of nitrogens with one attached hydrogen (secondary N) is 1. The van der Waals surface area contributed by atoms with Crippen LogP contribution < -0.4 is 11.2 Å². The maximum Gasteiger partial charge on any atom is 0.268 e. The minimum Gasteiger partial charge on any atom is -0.323 e. The van der Waals surface area contributed by atoms with E-state index in [4.69, 9.17) is 5.84 Å². The fourth-order valence-corrected chi connectivity index (χ4v) is 0.764. The Kier molecular flexibility index (Phi) is 2.84. The molecule has 1 aromatic rings. The normalized spacial score (nSPS) is 10.0. The standard InChI is InChI=1S/C8H9N3O/c9-10-6-8(12)11-7-4-2-1-3-5-7/h1-6H,9H2,(H,11,12)/b10-6+. The molecule has 1 rings (SSSR count). The number of carbonyl (C=O) groups is 1. The number of para-hydroxylation sites is 1. The Balaban J connectivity index is 2.59. The summed E-state index contributed by atoms with van der Waals surface area (Å²) in [6, 6.07) is 9.08. The molecule has 0 aliphatic rings. The predicted molar refractivity (Wildman–Crippen MR) is 47.8 cm³/mol. The van der Waals surface area contributed by atoms with E-state index in [0.717, 1.165) is 11.9 Å². The van der Waals surface area contributed by atoms with Crippen LogP contribution in [-0.2, 0) is 4.79 Å². The number of benzene rings is 1. The number of hydrazone groups is 1. The highest BCUT2D eigenvalue weighted by Gasteiger charge is 1.95. The number of nitrogens with zero attached hydrogens (tertiary/aromatic N) is 1. The van der Waals surface area contributed by atoms with Crippen LogP contribution >= 0.6 is 0 Å². The van der Waals surface area contributed by atoms with Gasteiger partial charge in [-0.1, -0.05) is 18.2 Å². The van der Waals surface area contributed by atoms with Gasteiger partial charge < -0.3 is 11.2 Å². The van der Waals surface area contributed by atoms with Gasteiger partial charge in [0.1, 0.15) is 6.21 Å². The Labute approximate surface area is 70.1 Å². The van der Waals surface area contributed by atoms with Gasteiger partial charge in [-0.25, -0.2) is 0 Å². The van der Waals surface area contributed by atoms with Gasteiger partial charge in [0.15, 0.2) is 0 Å². The van der Waals surface area contributed by atoms with Gasteiger partial charge in [-0.3, -0.25) is 4.79 Å². The second kappa shape index (κ2) is 4.12. The summed E-state index contributed by atoms with van der Waals surface area (Å²) in [5.74, 6) is 4.46. The van der Waals surface area contributed by atoms with Crippen molar-refractivity contribution < 1.29 is 4.79 Å². The zero-order valence-corrected chi connectivity index (χ0v) is 6.40. The molecule has 12 heavy (non-hydrogen) atoms. The molecule has 0 spiro atoms. The maximum atomic E-state index is 10.9. The van der Waals surface area contributed by atoms with Crippen LogP contribution in [0.3, 0.4) is 0 Å². The van der Waals surface area contributed by atoms with Crippen LogP contribution in [0.1, 0.15) is 0 Å². The summed E-state index contributed by atoms with van der Waals surface area (Å²) in [6.45, 7) is 0. The molecule has 0 aliphatic heterocycles. The van der Waals surface area contributed by atoms with Gasteiger partial charge in [-0.15, -0.1) is 0 Å². The maximum absolute atomic E-state index is 10.9. The topological polar surface area (TPSA) is 67.5 Å². The van der Waals surface area contributed by atoms with E-state index in [1.165, 1.54) is 0 Å². The highest BCUT2D eigenvalue weighted by molar-refractivity contribution is 6.31. The van der Waals surface area contributed by atoms with Crippen LogP contribution in [0.25, 0.3) is 0 Å². The van der Waals surface area contributed by atoms with Crippen molar-refractivity contribution in [2.24, 2.45) is 10.9 Å². The highest BCUT2D eigenvalue weighted by Crippen LogP contribution is 2.03. The first kappa shape index (κ1) is 8.26. The molecule has 0 heterocycles. The van der Waals surface area contributed by atoms with Gasteiger partial charge in [-0.05, 0) is 12.1 Å². The monoisotopic (exact) mass is 163 g/mol. The lowest BCUT2D eigenvalue weighted by Gasteiger charge is -1.98. The summed E-state index contributed by atoms with van der Waals surface area (Å²) in [5, 5.41) is 5.67. The molecule has 1 amide bonds. The Bertz CT molecular complexity index is 282. The molecular weight excluding hydrogens is 154 g/mol. The Morgan fingerprint density at radius 2 is 2.08 bits per heavy atom. The van der Waals surface area contributed by atoms with E-state index in [-0.39, 0.29) is 5.91 Å². The zero-order valence-electron chi connectivity index (χ0n) is 6.40. The van der Waals surface area contributed by atoms with Crippen molar-refractivity contribution >= 4 is 17.8 Å². The highest BCUT2D eigenvalue weighted by atomic mass is 16.1. The molecule has 0 saturated carbocycles. The largest absolute Gasteiger partial charge is 0.323 e. The summed E-state index contributed by atoms with van der Waals surface area (Å²) < 4.78 is 0. The molecule has 0 unspecified atom stereocenters. The third-order valence-electron chi connectivity index (χ3n) is 1.23. The third-order valence-corrected chi connectivity index (χ3v) is 1.23. The van der Waals surface area contributed by atoms with E-state index in [9.17, 15) is 4.79 Å². The number of carbonyl (C=O) groups excluding carboxylic acids is 1. The first-order valence-electron chi connectivity index (χ1n) is 3.42. The molecule has 0 aromatic heterocycles. The van der Waals surface area contributed by atoms with Crippen LogP contribution in [0.4, 0.5) is 5.69 Å². The lowest BCUT2D eigenvalue weighted by Crippen LogP contribution is -2.13. The van der Waals surface area contributed by atoms with Crippen molar-refractivity contribution in [1.29, 1.82) is 0 Å². The van der Waals surface area contributed by atoms with E-state index >= 15 is 0 Å². The summed E-state index contributed by atoms with van der Waals surface area (Å²) in [4.78, 5) is 10.9. The van der Waals surface area contributed by atoms with Gasteiger partial charge in [0.05, 0.1) is 0 Å². The number of hydrogen-bond acceptors (Lipinski definition) is 3. The van der Waals surface area contributed by atoms with Gasteiger partial charge in [0.25, 0.3) is 5.91 Å².